The van der Waals surface area contributed by atoms with Gasteiger partial charge >= 0.3 is 11.9 Å². The Labute approximate surface area is 163 Å². The highest BCUT2D eigenvalue weighted by molar-refractivity contribution is 5.92. The fourth-order valence-electron chi connectivity index (χ4n) is 2.39. The Morgan fingerprint density at radius 2 is 1.43 bits per heavy atom. The lowest BCUT2D eigenvalue weighted by Crippen LogP contribution is -2.53. The molecule has 0 fully saturated rings. The van der Waals surface area contributed by atoms with Crippen LogP contribution in [0.2, 0.25) is 0 Å². The van der Waals surface area contributed by atoms with E-state index in [9.17, 15) is 24.0 Å². The van der Waals surface area contributed by atoms with Crippen LogP contribution in [-0.2, 0) is 24.0 Å². The zero-order valence-corrected chi connectivity index (χ0v) is 16.0. The number of carboxylic acid groups (broad SMARTS) is 2. The van der Waals surface area contributed by atoms with Crippen LogP contribution < -0.4 is 21.7 Å². The molecule has 28 heavy (non-hydrogen) atoms. The highest BCUT2D eigenvalue weighted by Gasteiger charge is 2.26. The number of rotatable bonds is 15. The van der Waals surface area contributed by atoms with Gasteiger partial charge in [0.2, 0.25) is 17.7 Å². The van der Waals surface area contributed by atoms with Crippen LogP contribution in [0, 0.1) is 0 Å². The van der Waals surface area contributed by atoms with Gasteiger partial charge in [0.05, 0.1) is 0 Å². The summed E-state index contributed by atoms with van der Waals surface area (Å²) in [5.74, 6) is -3.72. The van der Waals surface area contributed by atoms with E-state index in [1.54, 1.807) is 0 Å². The molecule has 11 heteroatoms. The predicted octanol–water partition coefficient (Wildman–Crippen LogP) is -1.05. The standard InChI is InChI=1S/C17H30N4O7/c1-11(22)20-13(7-8-15(25)26)17(28)21-12(5-2-3-9-18)16(27)19-10-4-6-14(23)24/h12-13H,2-10,18H2,1H3,(H,19,27)(H,20,22)(H,21,28)(H,23,24)(H,25,26)/t12-,13-/m0/s1. The Hall–Kier alpha value is -2.69. The molecule has 160 valence electrons. The second-order valence-electron chi connectivity index (χ2n) is 6.32. The summed E-state index contributed by atoms with van der Waals surface area (Å²) < 4.78 is 0. The molecule has 0 bridgehead atoms. The summed E-state index contributed by atoms with van der Waals surface area (Å²) in [7, 11) is 0. The molecule has 0 aliphatic carbocycles. The topological polar surface area (TPSA) is 188 Å². The van der Waals surface area contributed by atoms with Gasteiger partial charge in [-0.25, -0.2) is 0 Å². The third-order valence-electron chi connectivity index (χ3n) is 3.79. The fourth-order valence-corrected chi connectivity index (χ4v) is 2.39. The highest BCUT2D eigenvalue weighted by atomic mass is 16.4. The minimum Gasteiger partial charge on any atom is -0.481 e. The molecule has 0 spiro atoms. The molecule has 0 saturated carbocycles. The van der Waals surface area contributed by atoms with Crippen molar-refractivity contribution < 1.29 is 34.2 Å². The van der Waals surface area contributed by atoms with Crippen molar-refractivity contribution in [3.63, 3.8) is 0 Å². The maximum Gasteiger partial charge on any atom is 0.303 e. The molecule has 3 amide bonds. The molecule has 2 atom stereocenters. The summed E-state index contributed by atoms with van der Waals surface area (Å²) in [6.45, 7) is 1.77. The Kier molecular flexibility index (Phi) is 13.0. The molecule has 0 saturated heterocycles. The largest absolute Gasteiger partial charge is 0.481 e. The van der Waals surface area contributed by atoms with E-state index in [2.05, 4.69) is 16.0 Å². The quantitative estimate of drug-likeness (QED) is 0.187. The van der Waals surface area contributed by atoms with Crippen molar-refractivity contribution in [2.45, 2.75) is 64.0 Å². The zero-order chi connectivity index (χ0) is 21.5. The minimum atomic E-state index is -1.11. The number of hydrogen-bond donors (Lipinski definition) is 6. The molecule has 11 nitrogen and oxygen atoms in total. The van der Waals surface area contributed by atoms with E-state index >= 15 is 0 Å². The lowest BCUT2D eigenvalue weighted by Gasteiger charge is -2.22. The Morgan fingerprint density at radius 3 is 1.96 bits per heavy atom. The van der Waals surface area contributed by atoms with Crippen LogP contribution in [-0.4, -0.2) is 65.0 Å². The normalized spacial score (nSPS) is 12.5. The van der Waals surface area contributed by atoms with Crippen LogP contribution in [0.3, 0.4) is 0 Å². The maximum atomic E-state index is 12.5. The number of carboxylic acids is 2. The first kappa shape index (κ1) is 25.3. The number of carbonyl (C=O) groups excluding carboxylic acids is 3. The molecule has 7 N–H and O–H groups in total. The number of amides is 3. The number of aliphatic carboxylic acids is 2. The zero-order valence-electron chi connectivity index (χ0n) is 16.0. The lowest BCUT2D eigenvalue weighted by molar-refractivity contribution is -0.138. The van der Waals surface area contributed by atoms with Crippen LogP contribution in [0.5, 0.6) is 0 Å². The van der Waals surface area contributed by atoms with Crippen LogP contribution in [0.4, 0.5) is 0 Å². The first-order valence-corrected chi connectivity index (χ1v) is 9.16. The van der Waals surface area contributed by atoms with E-state index in [-0.39, 0.29) is 32.2 Å². The predicted molar refractivity (Wildman–Crippen MR) is 99.2 cm³/mol. The van der Waals surface area contributed by atoms with Crippen molar-refractivity contribution in [1.29, 1.82) is 0 Å². The molecule has 0 aromatic rings. The van der Waals surface area contributed by atoms with E-state index in [0.29, 0.717) is 25.8 Å². The minimum absolute atomic E-state index is 0.0930. The molecule has 0 aromatic heterocycles. The Bertz CT molecular complexity index is 554. The summed E-state index contributed by atoms with van der Waals surface area (Å²) >= 11 is 0. The average molecular weight is 402 g/mol. The summed E-state index contributed by atoms with van der Waals surface area (Å²) in [6.07, 6.45) is 1.24. The van der Waals surface area contributed by atoms with E-state index in [1.165, 1.54) is 6.92 Å². The van der Waals surface area contributed by atoms with Gasteiger partial charge in [-0.2, -0.15) is 0 Å². The van der Waals surface area contributed by atoms with Gasteiger partial charge in [-0.05, 0) is 38.6 Å². The van der Waals surface area contributed by atoms with Crippen molar-refractivity contribution in [1.82, 2.24) is 16.0 Å². The lowest BCUT2D eigenvalue weighted by atomic mass is 10.1. The van der Waals surface area contributed by atoms with Gasteiger partial charge in [-0.1, -0.05) is 0 Å². The highest BCUT2D eigenvalue weighted by Crippen LogP contribution is 2.04. The van der Waals surface area contributed by atoms with Gasteiger partial charge in [0.25, 0.3) is 0 Å². The summed E-state index contributed by atoms with van der Waals surface area (Å²) in [5, 5.41) is 24.9. The van der Waals surface area contributed by atoms with E-state index < -0.39 is 41.7 Å². The smallest absolute Gasteiger partial charge is 0.303 e. The molecule has 0 radical (unpaired) electrons. The third-order valence-corrected chi connectivity index (χ3v) is 3.79. The van der Waals surface area contributed by atoms with Crippen molar-refractivity contribution in [3.8, 4) is 0 Å². The molecular weight excluding hydrogens is 372 g/mol. The van der Waals surface area contributed by atoms with Crippen molar-refractivity contribution in [2.24, 2.45) is 5.73 Å². The number of nitrogens with two attached hydrogens (primary N) is 1. The fraction of sp³-hybridized carbons (Fsp3) is 0.706. The molecule has 0 aliphatic rings. The molecule has 0 aromatic carbocycles. The number of unbranched alkanes of at least 4 members (excludes halogenated alkanes) is 1. The molecule has 0 aliphatic heterocycles. The van der Waals surface area contributed by atoms with Gasteiger partial charge < -0.3 is 31.9 Å². The van der Waals surface area contributed by atoms with Crippen molar-refractivity contribution in [3.05, 3.63) is 0 Å². The van der Waals surface area contributed by atoms with Crippen molar-refractivity contribution >= 4 is 29.7 Å². The second-order valence-corrected chi connectivity index (χ2v) is 6.32. The average Bonchev–Trinajstić information content (AvgIpc) is 2.60. The van der Waals surface area contributed by atoms with E-state index in [1.807, 2.05) is 0 Å². The summed E-state index contributed by atoms with van der Waals surface area (Å²) in [4.78, 5) is 57.3. The third kappa shape index (κ3) is 12.6. The number of nitrogens with one attached hydrogen (secondary N) is 3. The first-order valence-electron chi connectivity index (χ1n) is 9.16. The van der Waals surface area contributed by atoms with Crippen LogP contribution >= 0.6 is 0 Å². The molecular formula is C17H30N4O7. The SMILES string of the molecule is CC(=O)N[C@@H](CCC(=O)O)C(=O)N[C@@H](CCCCN)C(=O)NCCCC(=O)O. The Morgan fingerprint density at radius 1 is 0.821 bits per heavy atom. The number of hydrogen-bond acceptors (Lipinski definition) is 6. The van der Waals surface area contributed by atoms with Gasteiger partial charge in [0, 0.05) is 26.3 Å². The maximum absolute atomic E-state index is 12.5. The van der Waals surface area contributed by atoms with Gasteiger partial charge in [0.15, 0.2) is 0 Å². The molecule has 0 unspecified atom stereocenters. The van der Waals surface area contributed by atoms with Gasteiger partial charge in [0.1, 0.15) is 12.1 Å². The van der Waals surface area contributed by atoms with Crippen LogP contribution in [0.1, 0.15) is 51.9 Å². The van der Waals surface area contributed by atoms with E-state index in [4.69, 9.17) is 15.9 Å². The van der Waals surface area contributed by atoms with Gasteiger partial charge in [-0.15, -0.1) is 0 Å². The monoisotopic (exact) mass is 402 g/mol. The summed E-state index contributed by atoms with van der Waals surface area (Å²) in [6, 6.07) is -1.98. The summed E-state index contributed by atoms with van der Waals surface area (Å²) in [5.41, 5.74) is 5.44. The van der Waals surface area contributed by atoms with Crippen molar-refractivity contribution in [2.75, 3.05) is 13.1 Å². The first-order chi connectivity index (χ1) is 13.2. The van der Waals surface area contributed by atoms with E-state index in [0.717, 1.165) is 0 Å². The molecule has 0 heterocycles. The number of carbonyl (C=O) groups is 5. The second kappa shape index (κ2) is 14.4. The van der Waals surface area contributed by atoms with Gasteiger partial charge in [-0.3, -0.25) is 24.0 Å². The van der Waals surface area contributed by atoms with Crippen LogP contribution in [0.25, 0.3) is 0 Å². The van der Waals surface area contributed by atoms with Crippen LogP contribution in [0.15, 0.2) is 0 Å². The Balaban J connectivity index is 4.91. The molecule has 0 rings (SSSR count).